The molecule has 1 aliphatic heterocycles. The largest absolute Gasteiger partial charge is 0.758 e. The van der Waals surface area contributed by atoms with Gasteiger partial charge in [-0.1, -0.05) is 13.0 Å². The van der Waals surface area contributed by atoms with Crippen molar-refractivity contribution in [3.8, 4) is 0 Å². The minimum atomic E-state index is 0.763. The molecule has 3 nitrogen and oxygen atoms in total. The predicted molar refractivity (Wildman–Crippen MR) is 62.9 cm³/mol. The molecule has 15 heavy (non-hydrogen) atoms. The van der Waals surface area contributed by atoms with Gasteiger partial charge in [-0.25, -0.2) is 0 Å². The molecule has 1 aromatic rings. The molecule has 0 fully saturated rings. The Morgan fingerprint density at radius 1 is 1.40 bits per heavy atom. The first-order valence-corrected chi connectivity index (χ1v) is 5.45. The fourth-order valence-corrected chi connectivity index (χ4v) is 2.06. The summed E-state index contributed by atoms with van der Waals surface area (Å²) < 4.78 is 0. The monoisotopic (exact) mass is 205 g/mol. The van der Waals surface area contributed by atoms with Crippen molar-refractivity contribution in [1.29, 1.82) is 0 Å². The maximum absolute atomic E-state index is 11.2. The maximum Gasteiger partial charge on any atom is 0.0260 e. The number of rotatable bonds is 2. The van der Waals surface area contributed by atoms with E-state index in [-0.39, 0.29) is 0 Å². The van der Waals surface area contributed by atoms with Gasteiger partial charge in [-0.05, 0) is 43.3 Å². The van der Waals surface area contributed by atoms with Gasteiger partial charge in [0, 0.05) is 18.8 Å². The Hall–Kier alpha value is -1.06. The minimum Gasteiger partial charge on any atom is -0.758 e. The summed E-state index contributed by atoms with van der Waals surface area (Å²) in [5, 5.41) is 12.1. The van der Waals surface area contributed by atoms with Crippen LogP contribution in [-0.2, 0) is 13.0 Å². The molecule has 0 saturated carbocycles. The molecule has 0 unspecified atom stereocenters. The lowest BCUT2D eigenvalue weighted by atomic mass is 9.99. The Morgan fingerprint density at radius 3 is 2.87 bits per heavy atom. The van der Waals surface area contributed by atoms with E-state index in [4.69, 9.17) is 0 Å². The zero-order chi connectivity index (χ0) is 10.8. The van der Waals surface area contributed by atoms with Gasteiger partial charge in [-0.15, -0.1) is 0 Å². The second-order valence-electron chi connectivity index (χ2n) is 4.07. The van der Waals surface area contributed by atoms with Crippen LogP contribution in [0.2, 0.25) is 0 Å². The highest BCUT2D eigenvalue weighted by atomic mass is 16.5. The van der Waals surface area contributed by atoms with E-state index in [0.717, 1.165) is 36.8 Å². The van der Waals surface area contributed by atoms with Gasteiger partial charge in [0.15, 0.2) is 0 Å². The van der Waals surface area contributed by atoms with Crippen molar-refractivity contribution < 1.29 is 0 Å². The predicted octanol–water partition coefficient (Wildman–Crippen LogP) is 2.00. The molecule has 0 saturated heterocycles. The van der Waals surface area contributed by atoms with E-state index in [1.54, 1.807) is 7.05 Å². The van der Waals surface area contributed by atoms with Gasteiger partial charge in [-0.2, -0.15) is 0 Å². The molecule has 0 aliphatic carbocycles. The fourth-order valence-electron chi connectivity index (χ4n) is 2.06. The van der Waals surface area contributed by atoms with Crippen molar-refractivity contribution in [2.45, 2.75) is 19.9 Å². The average molecular weight is 205 g/mol. The van der Waals surface area contributed by atoms with Crippen LogP contribution in [0.1, 0.15) is 18.1 Å². The normalized spacial score (nSPS) is 16.2. The number of likely N-dealkylation sites (N-methyl/N-ethyl adjacent to an activating group) is 1. The van der Waals surface area contributed by atoms with E-state index in [1.165, 1.54) is 11.1 Å². The van der Waals surface area contributed by atoms with Gasteiger partial charge in [0.2, 0.25) is 0 Å². The number of fused-ring (bicyclic) bond motifs is 1. The second-order valence-corrected chi connectivity index (χ2v) is 4.07. The van der Waals surface area contributed by atoms with Gasteiger partial charge in [0.05, 0.1) is 0 Å². The third kappa shape index (κ3) is 2.13. The zero-order valence-electron chi connectivity index (χ0n) is 9.36. The molecule has 82 valence electrons. The molecule has 0 aromatic heterocycles. The van der Waals surface area contributed by atoms with Crippen molar-refractivity contribution in [3.63, 3.8) is 0 Å². The van der Waals surface area contributed by atoms with Gasteiger partial charge in [-0.3, -0.25) is 4.90 Å². The topological polar surface area (TPSA) is 29.5 Å². The number of hydrogen-bond donors (Lipinski definition) is 0. The highest BCUT2D eigenvalue weighted by molar-refractivity contribution is 5.51. The molecule has 1 heterocycles. The van der Waals surface area contributed by atoms with Gasteiger partial charge < -0.3 is 10.3 Å². The van der Waals surface area contributed by atoms with E-state index in [9.17, 15) is 5.21 Å². The number of benzene rings is 1. The summed E-state index contributed by atoms with van der Waals surface area (Å²) in [6.07, 6.45) is 1.06. The van der Waals surface area contributed by atoms with E-state index in [0.29, 0.717) is 0 Å². The van der Waals surface area contributed by atoms with Crippen LogP contribution in [-0.4, -0.2) is 25.0 Å². The molecule has 3 heteroatoms. The van der Waals surface area contributed by atoms with Crippen LogP contribution < -0.4 is 5.06 Å². The lowest BCUT2D eigenvalue weighted by Crippen LogP contribution is -2.30. The Labute approximate surface area is 90.9 Å². The molecule has 1 aromatic carbocycles. The molecular formula is C12H17N2O-. The SMILES string of the molecule is CCN1CCc2cc(N(C)[O-])ccc2C1. The first kappa shape index (κ1) is 10.5. The third-order valence-electron chi connectivity index (χ3n) is 3.09. The Kier molecular flexibility index (Phi) is 2.93. The molecule has 1 aliphatic rings. The molecule has 0 atom stereocenters. The maximum atomic E-state index is 11.2. The molecular weight excluding hydrogens is 188 g/mol. The van der Waals surface area contributed by atoms with E-state index in [1.807, 2.05) is 12.1 Å². The fraction of sp³-hybridized carbons (Fsp3) is 0.500. The van der Waals surface area contributed by atoms with Crippen LogP contribution in [0.5, 0.6) is 0 Å². The molecule has 0 radical (unpaired) electrons. The van der Waals surface area contributed by atoms with E-state index >= 15 is 0 Å². The van der Waals surface area contributed by atoms with Crippen molar-refractivity contribution in [3.05, 3.63) is 34.5 Å². The van der Waals surface area contributed by atoms with E-state index < -0.39 is 0 Å². The lowest BCUT2D eigenvalue weighted by Gasteiger charge is -2.30. The molecule has 0 amide bonds. The highest BCUT2D eigenvalue weighted by Crippen LogP contribution is 2.23. The van der Waals surface area contributed by atoms with Crippen molar-refractivity contribution >= 4 is 5.69 Å². The Balaban J connectivity index is 2.24. The lowest BCUT2D eigenvalue weighted by molar-refractivity contribution is 0.268. The van der Waals surface area contributed by atoms with Crippen LogP contribution in [0, 0.1) is 5.21 Å². The molecule has 2 rings (SSSR count). The van der Waals surface area contributed by atoms with Crippen LogP contribution in [0.15, 0.2) is 18.2 Å². The minimum absolute atomic E-state index is 0.763. The summed E-state index contributed by atoms with van der Waals surface area (Å²) in [5.74, 6) is 0. The average Bonchev–Trinajstić information content (AvgIpc) is 2.27. The summed E-state index contributed by atoms with van der Waals surface area (Å²) in [4.78, 5) is 2.42. The van der Waals surface area contributed by atoms with Crippen LogP contribution in [0.25, 0.3) is 0 Å². The van der Waals surface area contributed by atoms with Crippen molar-refractivity contribution in [2.24, 2.45) is 0 Å². The second kappa shape index (κ2) is 4.21. The first-order valence-electron chi connectivity index (χ1n) is 5.45. The summed E-state index contributed by atoms with van der Waals surface area (Å²) in [6.45, 7) is 5.41. The van der Waals surface area contributed by atoms with Crippen LogP contribution in [0.3, 0.4) is 0 Å². The smallest absolute Gasteiger partial charge is 0.0260 e. The Bertz CT molecular complexity index is 349. The Morgan fingerprint density at radius 2 is 2.20 bits per heavy atom. The van der Waals surface area contributed by atoms with Crippen molar-refractivity contribution in [1.82, 2.24) is 4.90 Å². The molecule has 0 spiro atoms. The quantitative estimate of drug-likeness (QED) is 0.692. The van der Waals surface area contributed by atoms with Gasteiger partial charge >= 0.3 is 0 Å². The number of hydroxylamine groups is 1. The highest BCUT2D eigenvalue weighted by Gasteiger charge is 2.14. The summed E-state index contributed by atoms with van der Waals surface area (Å²) in [6, 6.07) is 6.02. The first-order chi connectivity index (χ1) is 7.20. The van der Waals surface area contributed by atoms with Gasteiger partial charge in [0.1, 0.15) is 0 Å². The number of hydrogen-bond acceptors (Lipinski definition) is 3. The standard InChI is InChI=1S/C12H17N2O/c1-3-14-7-6-10-8-12(13(2)15)5-4-11(10)9-14/h4-5,8H,3,6-7,9H2,1-2H3/q-1. The van der Waals surface area contributed by atoms with Crippen LogP contribution in [0.4, 0.5) is 5.69 Å². The van der Waals surface area contributed by atoms with E-state index in [2.05, 4.69) is 17.9 Å². The molecule has 0 bridgehead atoms. The van der Waals surface area contributed by atoms with Crippen molar-refractivity contribution in [2.75, 3.05) is 25.2 Å². The number of anilines is 1. The molecule has 0 N–H and O–H groups in total. The zero-order valence-corrected chi connectivity index (χ0v) is 9.36. The summed E-state index contributed by atoms with van der Waals surface area (Å²) in [5.41, 5.74) is 3.47. The third-order valence-corrected chi connectivity index (χ3v) is 3.09. The summed E-state index contributed by atoms with van der Waals surface area (Å²) >= 11 is 0. The summed E-state index contributed by atoms with van der Waals surface area (Å²) in [7, 11) is 1.54. The van der Waals surface area contributed by atoms with Gasteiger partial charge in [0.25, 0.3) is 0 Å². The van der Waals surface area contributed by atoms with Crippen LogP contribution >= 0.6 is 0 Å². The number of nitrogens with zero attached hydrogens (tertiary/aromatic N) is 2.